The first-order valence-electron chi connectivity index (χ1n) is 10.1. The number of amides is 1. The van der Waals surface area contributed by atoms with Gasteiger partial charge in [-0.25, -0.2) is 0 Å². The normalized spacial score (nSPS) is 11.9. The van der Waals surface area contributed by atoms with Gasteiger partial charge in [0, 0.05) is 35.4 Å². The number of aliphatic hydroxyl groups excluding tert-OH is 1. The number of halogens is 1. The van der Waals surface area contributed by atoms with Crippen molar-refractivity contribution in [3.63, 3.8) is 0 Å². The third kappa shape index (κ3) is 4.84. The van der Waals surface area contributed by atoms with Gasteiger partial charge in [0.2, 0.25) is 0 Å². The van der Waals surface area contributed by atoms with E-state index in [0.717, 1.165) is 15.9 Å². The Morgan fingerprint density at radius 2 is 1.85 bits per heavy atom. The van der Waals surface area contributed by atoms with E-state index >= 15 is 0 Å². The molecule has 168 valence electrons. The zero-order valence-electron chi connectivity index (χ0n) is 17.9. The molecule has 1 aromatic carbocycles. The number of nitrogens with zero attached hydrogens (tertiary/aromatic N) is 5. The van der Waals surface area contributed by atoms with Gasteiger partial charge in [-0.3, -0.25) is 19.3 Å². The highest BCUT2D eigenvalue weighted by atomic mass is 35.5. The van der Waals surface area contributed by atoms with Crippen molar-refractivity contribution in [2.75, 3.05) is 6.61 Å². The molecule has 0 aliphatic rings. The number of hydrogen-bond acceptors (Lipinski definition) is 6. The highest BCUT2D eigenvalue weighted by molar-refractivity contribution is 6.30. The van der Waals surface area contributed by atoms with Crippen molar-refractivity contribution < 1.29 is 9.90 Å². The predicted molar refractivity (Wildman–Crippen MR) is 124 cm³/mol. The maximum absolute atomic E-state index is 13.1. The second kappa shape index (κ2) is 9.35. The van der Waals surface area contributed by atoms with Gasteiger partial charge in [-0.2, -0.15) is 14.9 Å². The van der Waals surface area contributed by atoms with E-state index in [1.807, 2.05) is 24.3 Å². The summed E-state index contributed by atoms with van der Waals surface area (Å²) in [5, 5.41) is 21.0. The first-order valence-corrected chi connectivity index (χ1v) is 10.5. The summed E-state index contributed by atoms with van der Waals surface area (Å²) in [6.07, 6.45) is 4.73. The van der Waals surface area contributed by atoms with E-state index in [1.165, 1.54) is 16.9 Å². The summed E-state index contributed by atoms with van der Waals surface area (Å²) in [7, 11) is 1.72. The van der Waals surface area contributed by atoms with Gasteiger partial charge < -0.3 is 10.4 Å². The first kappa shape index (κ1) is 22.4. The van der Waals surface area contributed by atoms with Crippen molar-refractivity contribution >= 4 is 17.5 Å². The van der Waals surface area contributed by atoms with Gasteiger partial charge in [-0.05, 0) is 37.3 Å². The molecule has 1 atom stereocenters. The Bertz CT molecular complexity index is 1350. The molecule has 0 saturated carbocycles. The maximum atomic E-state index is 13.1. The number of aryl methyl sites for hydroxylation is 1. The van der Waals surface area contributed by atoms with Gasteiger partial charge in [0.1, 0.15) is 11.3 Å². The van der Waals surface area contributed by atoms with Crippen LogP contribution in [0.15, 0.2) is 65.8 Å². The Morgan fingerprint density at radius 1 is 1.12 bits per heavy atom. The van der Waals surface area contributed by atoms with Gasteiger partial charge in [0.05, 0.1) is 30.4 Å². The van der Waals surface area contributed by atoms with Gasteiger partial charge >= 0.3 is 0 Å². The number of pyridine rings is 1. The van der Waals surface area contributed by atoms with Crippen LogP contribution in [0.3, 0.4) is 0 Å². The number of rotatable bonds is 6. The van der Waals surface area contributed by atoms with Crippen molar-refractivity contribution in [2.24, 2.45) is 7.05 Å². The summed E-state index contributed by atoms with van der Waals surface area (Å²) in [4.78, 5) is 30.3. The molecule has 3 heterocycles. The Hall–Kier alpha value is -3.82. The molecule has 4 aromatic rings. The monoisotopic (exact) mass is 464 g/mol. The molecule has 2 N–H and O–H groups in total. The van der Waals surface area contributed by atoms with Crippen LogP contribution in [0.1, 0.15) is 17.3 Å². The summed E-state index contributed by atoms with van der Waals surface area (Å²) in [6.45, 7) is 1.38. The van der Waals surface area contributed by atoms with E-state index in [1.54, 1.807) is 38.5 Å². The van der Waals surface area contributed by atoms with Crippen LogP contribution in [0, 0.1) is 0 Å². The molecule has 0 aliphatic heterocycles. The predicted octanol–water partition coefficient (Wildman–Crippen LogP) is 2.46. The lowest BCUT2D eigenvalue weighted by atomic mass is 10.1. The second-order valence-corrected chi connectivity index (χ2v) is 7.96. The molecule has 0 fully saturated rings. The number of nitrogens with one attached hydrogen (secondary N) is 1. The number of aromatic nitrogens is 5. The van der Waals surface area contributed by atoms with E-state index in [-0.39, 0.29) is 12.2 Å². The van der Waals surface area contributed by atoms with Gasteiger partial charge in [-0.1, -0.05) is 23.7 Å². The molecule has 0 spiro atoms. The fraction of sp³-hybridized carbons (Fsp3) is 0.174. The average Bonchev–Trinajstić information content (AvgIpc) is 3.25. The molecular weight excluding hydrogens is 444 g/mol. The van der Waals surface area contributed by atoms with Crippen LogP contribution in [-0.4, -0.2) is 48.2 Å². The number of benzene rings is 1. The molecule has 0 saturated heterocycles. The van der Waals surface area contributed by atoms with Gasteiger partial charge in [0.15, 0.2) is 0 Å². The minimum atomic E-state index is -0.603. The smallest absolute Gasteiger partial charge is 0.284 e. The molecule has 9 nitrogen and oxygen atoms in total. The van der Waals surface area contributed by atoms with Crippen molar-refractivity contribution in [1.82, 2.24) is 29.9 Å². The Morgan fingerprint density at radius 3 is 2.45 bits per heavy atom. The molecule has 0 bridgehead atoms. The Balaban J connectivity index is 1.78. The number of hydrogen-bond donors (Lipinski definition) is 2. The van der Waals surface area contributed by atoms with E-state index < -0.39 is 17.5 Å². The van der Waals surface area contributed by atoms with Crippen molar-refractivity contribution in [2.45, 2.75) is 13.0 Å². The molecule has 4 rings (SSSR count). The van der Waals surface area contributed by atoms with Crippen LogP contribution >= 0.6 is 11.6 Å². The van der Waals surface area contributed by atoms with Gasteiger partial charge in [0.25, 0.3) is 11.5 Å². The van der Waals surface area contributed by atoms with Crippen LogP contribution < -0.4 is 10.9 Å². The highest BCUT2D eigenvalue weighted by Crippen LogP contribution is 2.23. The number of carbonyl (C=O) groups is 1. The summed E-state index contributed by atoms with van der Waals surface area (Å²) < 4.78 is 2.67. The molecular formula is C23H21ClN6O3. The maximum Gasteiger partial charge on any atom is 0.284 e. The second-order valence-electron chi connectivity index (χ2n) is 7.53. The summed E-state index contributed by atoms with van der Waals surface area (Å²) in [5.74, 6) is -0.603. The summed E-state index contributed by atoms with van der Waals surface area (Å²) in [5.41, 5.74) is 2.36. The van der Waals surface area contributed by atoms with Crippen molar-refractivity contribution in [3.8, 4) is 28.2 Å². The van der Waals surface area contributed by atoms with E-state index in [9.17, 15) is 14.7 Å². The van der Waals surface area contributed by atoms with Crippen LogP contribution in [0.4, 0.5) is 0 Å². The summed E-state index contributed by atoms with van der Waals surface area (Å²) >= 11 is 5.96. The quantitative estimate of drug-likeness (QED) is 0.453. The van der Waals surface area contributed by atoms with Crippen LogP contribution in [0.5, 0.6) is 0 Å². The Labute approximate surface area is 194 Å². The lowest BCUT2D eigenvalue weighted by Crippen LogP contribution is -2.39. The molecule has 33 heavy (non-hydrogen) atoms. The first-order chi connectivity index (χ1) is 15.9. The zero-order chi connectivity index (χ0) is 23.5. The minimum absolute atomic E-state index is 0.106. The number of carbonyl (C=O) groups excluding carboxylic acids is 1. The zero-order valence-corrected chi connectivity index (χ0v) is 18.7. The average molecular weight is 465 g/mol. The lowest BCUT2D eigenvalue weighted by molar-refractivity contribution is 0.0920. The number of aliphatic hydroxyl groups is 1. The van der Waals surface area contributed by atoms with Crippen molar-refractivity contribution in [1.29, 1.82) is 0 Å². The Kier molecular flexibility index (Phi) is 6.34. The molecule has 0 radical (unpaired) electrons. The molecule has 0 unspecified atom stereocenters. The lowest BCUT2D eigenvalue weighted by Gasteiger charge is -2.13. The van der Waals surface area contributed by atoms with E-state index in [0.29, 0.717) is 22.0 Å². The van der Waals surface area contributed by atoms with E-state index in [2.05, 4.69) is 20.5 Å². The van der Waals surface area contributed by atoms with Crippen LogP contribution in [0.2, 0.25) is 5.02 Å². The van der Waals surface area contributed by atoms with Gasteiger partial charge in [-0.15, -0.1) is 0 Å². The van der Waals surface area contributed by atoms with Crippen molar-refractivity contribution in [3.05, 3.63) is 82.0 Å². The molecule has 3 aromatic heterocycles. The fourth-order valence-electron chi connectivity index (χ4n) is 3.17. The molecule has 1 amide bonds. The minimum Gasteiger partial charge on any atom is -0.394 e. The van der Waals surface area contributed by atoms with Crippen LogP contribution in [-0.2, 0) is 7.05 Å². The summed E-state index contributed by atoms with van der Waals surface area (Å²) in [6, 6.07) is 11.9. The highest BCUT2D eigenvalue weighted by Gasteiger charge is 2.19. The third-order valence-electron chi connectivity index (χ3n) is 4.94. The van der Waals surface area contributed by atoms with E-state index in [4.69, 9.17) is 11.6 Å². The molecule has 0 aliphatic carbocycles. The fourth-order valence-corrected chi connectivity index (χ4v) is 3.30. The topological polar surface area (TPSA) is 115 Å². The largest absolute Gasteiger partial charge is 0.394 e. The third-order valence-corrected chi connectivity index (χ3v) is 5.19. The molecule has 10 heteroatoms. The van der Waals surface area contributed by atoms with Crippen LogP contribution in [0.25, 0.3) is 28.2 Å². The standard InChI is InChI=1S/C23H21ClN6O3/c1-14(13-31)27-22(32)19-9-21(28-30(23(19)33)18-11-26-29(2)12-18)16-5-8-20(25-10-16)15-3-6-17(24)7-4-15/h3-12,14,31H,13H2,1-2H3,(H,27,32)/t14-/m0/s1. The SMILES string of the molecule is C[C@@H](CO)NC(=O)c1cc(-c2ccc(-c3ccc(Cl)cc3)nc2)nn(-c2cnn(C)c2)c1=O.